The van der Waals surface area contributed by atoms with Crippen molar-refractivity contribution in [1.82, 2.24) is 9.88 Å². The van der Waals surface area contributed by atoms with Gasteiger partial charge in [-0.3, -0.25) is 9.69 Å². The fourth-order valence-electron chi connectivity index (χ4n) is 3.54. The van der Waals surface area contributed by atoms with Gasteiger partial charge in [0.2, 0.25) is 0 Å². The van der Waals surface area contributed by atoms with Crippen LogP contribution in [0.1, 0.15) is 18.4 Å². The fourth-order valence-corrected chi connectivity index (χ4v) is 3.54. The maximum absolute atomic E-state index is 13.1. The second-order valence-electron chi connectivity index (χ2n) is 6.80. The molecule has 0 bridgehead atoms. The number of rotatable bonds is 4. The fraction of sp³-hybridized carbons (Fsp3) is 0.286. The van der Waals surface area contributed by atoms with Crippen molar-refractivity contribution in [3.8, 4) is 5.75 Å². The van der Waals surface area contributed by atoms with Crippen molar-refractivity contribution < 1.29 is 9.13 Å². The van der Waals surface area contributed by atoms with Gasteiger partial charge in [0.15, 0.2) is 0 Å². The molecule has 4 rings (SSSR count). The summed E-state index contributed by atoms with van der Waals surface area (Å²) in [5.41, 5.74) is 1.02. The smallest absolute Gasteiger partial charge is 0.255 e. The first-order valence-electron chi connectivity index (χ1n) is 8.92. The third-order valence-electron chi connectivity index (χ3n) is 4.83. The number of benzene rings is 2. The Morgan fingerprint density at radius 3 is 2.85 bits per heavy atom. The summed E-state index contributed by atoms with van der Waals surface area (Å²) in [5, 5.41) is 1.55. The van der Waals surface area contributed by atoms with E-state index < -0.39 is 0 Å². The highest BCUT2D eigenvalue weighted by Crippen LogP contribution is 2.23. The molecular formula is C21H21FN2O2. The number of aromatic amines is 1. The lowest BCUT2D eigenvalue weighted by Gasteiger charge is -2.33. The minimum absolute atomic E-state index is 0.0859. The Labute approximate surface area is 151 Å². The van der Waals surface area contributed by atoms with E-state index in [0.717, 1.165) is 49.2 Å². The second kappa shape index (κ2) is 7.30. The highest BCUT2D eigenvalue weighted by atomic mass is 19.1. The van der Waals surface area contributed by atoms with Crippen molar-refractivity contribution in [2.24, 2.45) is 0 Å². The Balaban J connectivity index is 1.43. The number of hydrogen-bond donors (Lipinski definition) is 1. The van der Waals surface area contributed by atoms with Gasteiger partial charge in [-0.1, -0.05) is 12.1 Å². The third-order valence-corrected chi connectivity index (χ3v) is 4.83. The average Bonchev–Trinajstić information content (AvgIpc) is 2.64. The SMILES string of the molecule is O=c1[nH]ccc2cc(OC3CCCN(Cc4ccc(F)cc4)C3)ccc12. The number of nitrogens with one attached hydrogen (secondary N) is 1. The molecule has 26 heavy (non-hydrogen) atoms. The molecule has 0 radical (unpaired) electrons. The molecule has 1 fully saturated rings. The Hall–Kier alpha value is -2.66. The third kappa shape index (κ3) is 3.78. The molecule has 2 aromatic carbocycles. The second-order valence-corrected chi connectivity index (χ2v) is 6.80. The molecule has 0 spiro atoms. The number of hydrogen-bond acceptors (Lipinski definition) is 3. The van der Waals surface area contributed by atoms with E-state index in [4.69, 9.17) is 4.74 Å². The van der Waals surface area contributed by atoms with Crippen LogP contribution in [0.2, 0.25) is 0 Å². The maximum atomic E-state index is 13.1. The van der Waals surface area contributed by atoms with Crippen molar-refractivity contribution in [1.29, 1.82) is 0 Å². The lowest BCUT2D eigenvalue weighted by atomic mass is 10.1. The first kappa shape index (κ1) is 16.8. The summed E-state index contributed by atoms with van der Waals surface area (Å²) < 4.78 is 19.2. The lowest BCUT2D eigenvalue weighted by Crippen LogP contribution is -2.40. The van der Waals surface area contributed by atoms with Crippen molar-refractivity contribution in [2.75, 3.05) is 13.1 Å². The van der Waals surface area contributed by atoms with E-state index in [-0.39, 0.29) is 17.5 Å². The number of aromatic nitrogens is 1. The quantitative estimate of drug-likeness (QED) is 0.779. The van der Waals surface area contributed by atoms with Crippen LogP contribution >= 0.6 is 0 Å². The predicted octanol–water partition coefficient (Wildman–Crippen LogP) is 3.71. The Morgan fingerprint density at radius 2 is 2.00 bits per heavy atom. The van der Waals surface area contributed by atoms with Gasteiger partial charge in [0.1, 0.15) is 17.7 Å². The maximum Gasteiger partial charge on any atom is 0.255 e. The van der Waals surface area contributed by atoms with Gasteiger partial charge in [-0.15, -0.1) is 0 Å². The van der Waals surface area contributed by atoms with Gasteiger partial charge >= 0.3 is 0 Å². The molecule has 0 saturated carbocycles. The predicted molar refractivity (Wildman–Crippen MR) is 99.9 cm³/mol. The van der Waals surface area contributed by atoms with Crippen LogP contribution in [0.4, 0.5) is 4.39 Å². The molecular weight excluding hydrogens is 331 g/mol. The summed E-state index contributed by atoms with van der Waals surface area (Å²) in [4.78, 5) is 16.8. The summed E-state index contributed by atoms with van der Waals surface area (Å²) in [6.07, 6.45) is 3.84. The van der Waals surface area contributed by atoms with Crippen LogP contribution in [-0.4, -0.2) is 29.1 Å². The van der Waals surface area contributed by atoms with Gasteiger partial charge in [0.25, 0.3) is 5.56 Å². The van der Waals surface area contributed by atoms with E-state index in [0.29, 0.717) is 5.39 Å². The molecule has 1 aliphatic heterocycles. The highest BCUT2D eigenvalue weighted by molar-refractivity contribution is 5.82. The number of halogens is 1. The summed E-state index contributed by atoms with van der Waals surface area (Å²) in [7, 11) is 0. The van der Waals surface area contributed by atoms with E-state index in [9.17, 15) is 9.18 Å². The molecule has 1 unspecified atom stereocenters. The van der Waals surface area contributed by atoms with Crippen LogP contribution in [0.25, 0.3) is 10.8 Å². The molecule has 1 aliphatic rings. The Kier molecular flexibility index (Phi) is 4.71. The van der Waals surface area contributed by atoms with Gasteiger partial charge in [-0.05, 0) is 66.7 Å². The molecule has 4 nitrogen and oxygen atoms in total. The Morgan fingerprint density at radius 1 is 1.15 bits per heavy atom. The van der Waals surface area contributed by atoms with Gasteiger partial charge in [0, 0.05) is 24.7 Å². The summed E-state index contributed by atoms with van der Waals surface area (Å²) in [5.74, 6) is 0.584. The van der Waals surface area contributed by atoms with Crippen LogP contribution in [0.5, 0.6) is 5.75 Å². The average molecular weight is 352 g/mol. The zero-order valence-electron chi connectivity index (χ0n) is 14.5. The Bertz CT molecular complexity index is 952. The first-order valence-corrected chi connectivity index (χ1v) is 8.92. The van der Waals surface area contributed by atoms with Crippen molar-refractivity contribution >= 4 is 10.8 Å². The number of fused-ring (bicyclic) bond motifs is 1. The molecule has 1 atom stereocenters. The van der Waals surface area contributed by atoms with Crippen LogP contribution < -0.4 is 10.3 Å². The zero-order chi connectivity index (χ0) is 17.9. The van der Waals surface area contributed by atoms with Crippen molar-refractivity contribution in [3.63, 3.8) is 0 Å². The number of pyridine rings is 1. The molecule has 2 heterocycles. The minimum atomic E-state index is -0.205. The zero-order valence-corrected chi connectivity index (χ0v) is 14.5. The summed E-state index contributed by atoms with van der Waals surface area (Å²) in [6.45, 7) is 2.66. The number of nitrogens with zero attached hydrogens (tertiary/aromatic N) is 1. The number of likely N-dealkylation sites (tertiary alicyclic amines) is 1. The van der Waals surface area contributed by atoms with Crippen molar-refractivity contribution in [3.05, 3.63) is 76.5 Å². The van der Waals surface area contributed by atoms with Gasteiger partial charge in [-0.2, -0.15) is 0 Å². The molecule has 0 aliphatic carbocycles. The minimum Gasteiger partial charge on any atom is -0.489 e. The number of ether oxygens (including phenoxy) is 1. The molecule has 1 saturated heterocycles. The molecule has 0 amide bonds. The van der Waals surface area contributed by atoms with Crippen LogP contribution in [-0.2, 0) is 6.54 Å². The normalized spacial score (nSPS) is 18.1. The molecule has 1 aromatic heterocycles. The topological polar surface area (TPSA) is 45.3 Å². The van der Waals surface area contributed by atoms with Crippen LogP contribution in [0.15, 0.2) is 59.5 Å². The number of piperidine rings is 1. The van der Waals surface area contributed by atoms with E-state index in [1.807, 2.05) is 36.4 Å². The van der Waals surface area contributed by atoms with Gasteiger partial charge in [0.05, 0.1) is 0 Å². The molecule has 3 aromatic rings. The van der Waals surface area contributed by atoms with Gasteiger partial charge < -0.3 is 9.72 Å². The number of H-pyrrole nitrogens is 1. The van der Waals surface area contributed by atoms with Gasteiger partial charge in [-0.25, -0.2) is 4.39 Å². The lowest BCUT2D eigenvalue weighted by molar-refractivity contribution is 0.0844. The van der Waals surface area contributed by atoms with E-state index in [2.05, 4.69) is 9.88 Å². The monoisotopic (exact) mass is 352 g/mol. The largest absolute Gasteiger partial charge is 0.489 e. The van der Waals surface area contributed by atoms with Crippen molar-refractivity contribution in [2.45, 2.75) is 25.5 Å². The van der Waals surface area contributed by atoms with E-state index in [1.165, 1.54) is 12.1 Å². The molecule has 1 N–H and O–H groups in total. The molecule has 5 heteroatoms. The van der Waals surface area contributed by atoms with E-state index >= 15 is 0 Å². The summed E-state index contributed by atoms with van der Waals surface area (Å²) in [6, 6.07) is 14.1. The first-order chi connectivity index (χ1) is 12.7. The standard InChI is InChI=1S/C21H21FN2O2/c22-17-5-3-15(4-6-17)13-24-11-1-2-19(14-24)26-18-7-8-20-16(12-18)9-10-23-21(20)25/h3-10,12,19H,1-2,11,13-14H2,(H,23,25). The van der Waals surface area contributed by atoms with Crippen LogP contribution in [0, 0.1) is 5.82 Å². The summed E-state index contributed by atoms with van der Waals surface area (Å²) >= 11 is 0. The van der Waals surface area contributed by atoms with Crippen LogP contribution in [0.3, 0.4) is 0 Å². The highest BCUT2D eigenvalue weighted by Gasteiger charge is 2.21. The molecule has 134 valence electrons. The van der Waals surface area contributed by atoms with E-state index in [1.54, 1.807) is 6.20 Å².